The monoisotopic (exact) mass is 1290 g/mol. The molecule has 4 aromatic rings. The highest BCUT2D eigenvalue weighted by Gasteiger charge is 2.45. The van der Waals surface area contributed by atoms with E-state index in [1.54, 1.807) is 0 Å². The number of aliphatic hydroxyl groups is 1. The number of phosphoric ester groups is 1. The number of ether oxygens (including phenoxy) is 1. The fraction of sp³-hybridized carbons (Fsp3) is 0.358. The fourth-order valence-corrected chi connectivity index (χ4v) is 14.5. The molecule has 33 heteroatoms. The zero-order valence-electron chi connectivity index (χ0n) is 46.5. The Bertz CT molecular complexity index is 4210. The molecule has 0 spiro atoms. The first-order valence-corrected chi connectivity index (χ1v) is 34.1. The summed E-state index contributed by atoms with van der Waals surface area (Å²) in [5.41, 5.74) is 8.94. The largest absolute Gasteiger partial charge is 0.490 e. The Kier molecular flexibility index (Phi) is 19.9. The molecule has 86 heavy (non-hydrogen) atoms. The SMILES string of the molecule is CC[N+](CC)=c1ccc2c(/C=C/C=C3\N(CCCS(=O)(=O)O)c4ccc(S(=O)(=O)O)cc4C3(C)CCCC(=O)NCC#Cc3cn([C@H]4C[C@H](O)[C@@H](COP(=O)(O)OP(=O)(O)OP(=O)(O)O)O4)c4nc(N)[nH]c(=O)c34)c(C)c(-c3ccccc3)oc-2c1. The molecule has 1 saturated heterocycles. The number of amides is 1. The number of nitrogens with one attached hydrogen (secondary N) is 2. The van der Waals surface area contributed by atoms with Gasteiger partial charge in [0.1, 0.15) is 36.9 Å². The van der Waals surface area contributed by atoms with E-state index in [1.165, 1.54) is 29.0 Å². The van der Waals surface area contributed by atoms with Crippen LogP contribution in [0.3, 0.4) is 0 Å². The van der Waals surface area contributed by atoms with Crippen LogP contribution in [0, 0.1) is 18.8 Å². The number of nitrogen functional groups attached to an aromatic ring is 1. The molecule has 28 nitrogen and oxygen atoms in total. The standard InChI is InChI=1S/C53H62N7O21P3S2/c1-5-58(6-2)36-20-22-39-38(33(3)49(79-43(39)28-36)34-14-8-7-9-15-34)17-10-18-45-53(4,40-29-37(86(74,75)76)21-23-41(40)59(45)26-13-27-85(71,72)73)24-11-19-46(62)55-25-12-16-35-31-60(50-48(35)51(63)57-52(54)56-50)47-30-42(61)44(78-47)32-77-83(67,68)81-84(69,70)80-82(64,65)66/h7-10,14-15,17-18,20-23,28-29,31,42,44,47,61H,5-6,11,13,19,24-27,30,32H2,1-4H3,(H9-,54,55,56,57,62,63,64,65,66,67,68,69,70,71,72,73,74,75,76)/p+1/t42-,44+,47+,53?/m0/s1. The van der Waals surface area contributed by atoms with Crippen LogP contribution in [0.1, 0.15) is 81.4 Å². The van der Waals surface area contributed by atoms with Gasteiger partial charge in [-0.1, -0.05) is 54.3 Å². The molecule has 4 aliphatic rings. The minimum Gasteiger partial charge on any atom is -0.456 e. The number of benzene rings is 3. The summed E-state index contributed by atoms with van der Waals surface area (Å²) in [7, 11) is -26.2. The Labute approximate surface area is 492 Å². The number of hydrogen-bond acceptors (Lipinski definition) is 18. The summed E-state index contributed by atoms with van der Waals surface area (Å²) in [5.74, 6) is 5.53. The van der Waals surface area contributed by atoms with Gasteiger partial charge in [0.05, 0.1) is 46.9 Å². The lowest BCUT2D eigenvalue weighted by atomic mass is 9.77. The Morgan fingerprint density at radius 3 is 2.40 bits per heavy atom. The molecule has 1 aliphatic carbocycles. The molecule has 0 bridgehead atoms. The van der Waals surface area contributed by atoms with Crippen molar-refractivity contribution in [3.63, 3.8) is 0 Å². The van der Waals surface area contributed by atoms with Gasteiger partial charge in [-0.3, -0.25) is 28.2 Å². The van der Waals surface area contributed by atoms with E-state index in [0.717, 1.165) is 40.7 Å². The number of phosphoric acid groups is 3. The number of hydrogen-bond donors (Lipinski definition) is 10. The number of carbonyl (C=O) groups excluding carboxylic acids is 1. The van der Waals surface area contributed by atoms with Gasteiger partial charge in [-0.25, -0.2) is 18.3 Å². The van der Waals surface area contributed by atoms with Crippen LogP contribution in [-0.4, -0.2) is 122 Å². The summed E-state index contributed by atoms with van der Waals surface area (Å²) in [4.78, 5) is 71.8. The van der Waals surface area contributed by atoms with E-state index >= 15 is 0 Å². The molecular weight excluding hydrogens is 1230 g/mol. The predicted octanol–water partition coefficient (Wildman–Crippen LogP) is 5.32. The Hall–Kier alpha value is -6.45. The van der Waals surface area contributed by atoms with E-state index < -0.39 is 96.3 Å². The van der Waals surface area contributed by atoms with E-state index in [9.17, 15) is 64.1 Å². The third kappa shape index (κ3) is 15.6. The lowest BCUT2D eigenvalue weighted by Crippen LogP contribution is -2.31. The van der Waals surface area contributed by atoms with Crippen molar-refractivity contribution >= 4 is 78.4 Å². The number of nitrogens with zero attached hydrogens (tertiary/aromatic N) is 4. The quantitative estimate of drug-likeness (QED) is 0.0168. The van der Waals surface area contributed by atoms with Gasteiger partial charge in [-0.2, -0.15) is 30.4 Å². The van der Waals surface area contributed by atoms with Crippen molar-refractivity contribution in [2.75, 3.05) is 49.2 Å². The minimum absolute atomic E-state index is 0.0393. The lowest BCUT2D eigenvalue weighted by molar-refractivity contribution is -0.121. The first-order chi connectivity index (χ1) is 40.3. The van der Waals surface area contributed by atoms with Crippen LogP contribution in [0.4, 0.5) is 11.6 Å². The van der Waals surface area contributed by atoms with Crippen molar-refractivity contribution in [3.8, 4) is 34.5 Å². The topological polar surface area (TPSA) is 423 Å². The Morgan fingerprint density at radius 1 is 1.00 bits per heavy atom. The minimum atomic E-state index is -5.84. The molecule has 2 aromatic heterocycles. The van der Waals surface area contributed by atoms with Crippen LogP contribution in [0.2, 0.25) is 0 Å². The zero-order chi connectivity index (χ0) is 62.7. The zero-order valence-corrected chi connectivity index (χ0v) is 50.9. The van der Waals surface area contributed by atoms with Crippen LogP contribution in [0.5, 0.6) is 0 Å². The molecule has 1 fully saturated rings. The third-order valence-electron chi connectivity index (χ3n) is 14.4. The van der Waals surface area contributed by atoms with Crippen molar-refractivity contribution in [2.24, 2.45) is 0 Å². The number of H-pyrrole nitrogens is 1. The van der Waals surface area contributed by atoms with E-state index in [-0.39, 0.29) is 67.7 Å². The average Bonchev–Trinajstić information content (AvgIpc) is 1.71. The van der Waals surface area contributed by atoms with Gasteiger partial charge in [0.2, 0.25) is 17.2 Å². The van der Waals surface area contributed by atoms with Crippen molar-refractivity contribution in [1.82, 2.24) is 24.4 Å². The maximum atomic E-state index is 13.6. The second kappa shape index (κ2) is 26.1. The highest BCUT2D eigenvalue weighted by molar-refractivity contribution is 7.86. The molecule has 11 N–H and O–H groups in total. The first-order valence-electron chi connectivity index (χ1n) is 26.5. The third-order valence-corrected chi connectivity index (χ3v) is 19.9. The summed E-state index contributed by atoms with van der Waals surface area (Å²) in [6.45, 7) is 8.31. The van der Waals surface area contributed by atoms with Gasteiger partial charge in [-0.05, 0) is 88.4 Å². The molecule has 3 aliphatic heterocycles. The Morgan fingerprint density at radius 2 is 1.72 bits per heavy atom. The maximum absolute atomic E-state index is 13.6. The van der Waals surface area contributed by atoms with Gasteiger partial charge < -0.3 is 54.4 Å². The average molecular weight is 1290 g/mol. The van der Waals surface area contributed by atoms with Crippen LogP contribution < -0.4 is 31.4 Å². The summed E-state index contributed by atoms with van der Waals surface area (Å²) in [6.07, 6.45) is 2.90. The lowest BCUT2D eigenvalue weighted by Gasteiger charge is -2.30. The molecule has 8 rings (SSSR count). The molecule has 3 unspecified atom stereocenters. The van der Waals surface area contributed by atoms with Gasteiger partial charge in [0.15, 0.2) is 5.65 Å². The van der Waals surface area contributed by atoms with Crippen molar-refractivity contribution < 1.29 is 91.4 Å². The smallest absolute Gasteiger partial charge is 0.456 e. The first kappa shape index (κ1) is 65.5. The second-order valence-corrected chi connectivity index (χ2v) is 27.6. The van der Waals surface area contributed by atoms with Crippen LogP contribution in [0.15, 0.2) is 105 Å². The van der Waals surface area contributed by atoms with Gasteiger partial charge in [-0.15, -0.1) is 0 Å². The van der Waals surface area contributed by atoms with E-state index in [1.807, 2.05) is 85.5 Å². The van der Waals surface area contributed by atoms with Crippen molar-refractivity contribution in [2.45, 2.75) is 88.5 Å². The summed E-state index contributed by atoms with van der Waals surface area (Å²) in [5, 5.41) is 14.4. The van der Waals surface area contributed by atoms with E-state index in [4.69, 9.17) is 24.7 Å². The van der Waals surface area contributed by atoms with Gasteiger partial charge >= 0.3 is 23.5 Å². The molecular formula is C53H63N7O21P3S2+. The fourth-order valence-electron chi connectivity index (χ4n) is 10.5. The highest BCUT2D eigenvalue weighted by atomic mass is 32.2. The molecule has 5 heterocycles. The number of aromatic nitrogens is 3. The number of anilines is 2. The number of rotatable bonds is 23. The van der Waals surface area contributed by atoms with Crippen LogP contribution >= 0.6 is 23.5 Å². The maximum Gasteiger partial charge on any atom is 0.490 e. The summed E-state index contributed by atoms with van der Waals surface area (Å²) in [6, 6.07) is 19.8. The highest BCUT2D eigenvalue weighted by Crippen LogP contribution is 2.66. The number of nitrogens with two attached hydrogens (primary N) is 1. The normalized spacial score (nSPS) is 20.1. The van der Waals surface area contributed by atoms with Crippen molar-refractivity contribution in [3.05, 3.63) is 129 Å². The number of aliphatic hydroxyl groups excluding tert-OH is 1. The van der Waals surface area contributed by atoms with Crippen LogP contribution in [-0.2, 0) is 62.0 Å². The number of fused-ring (bicyclic) bond motifs is 3. The van der Waals surface area contributed by atoms with E-state index in [2.05, 4.69) is 58.7 Å². The van der Waals surface area contributed by atoms with Crippen LogP contribution in [0.25, 0.3) is 39.8 Å². The second-order valence-electron chi connectivity index (χ2n) is 20.2. The van der Waals surface area contributed by atoms with E-state index in [0.29, 0.717) is 28.5 Å². The summed E-state index contributed by atoms with van der Waals surface area (Å²) < 4.78 is 132. The number of aromatic amines is 1. The molecule has 0 saturated carbocycles. The predicted molar refractivity (Wildman–Crippen MR) is 314 cm³/mol. The molecule has 2 aromatic carbocycles. The molecule has 6 atom stereocenters. The Balaban J connectivity index is 1.04. The summed E-state index contributed by atoms with van der Waals surface area (Å²) >= 11 is 0. The molecule has 462 valence electrons. The van der Waals surface area contributed by atoms with Gasteiger partial charge in [0, 0.05) is 65.1 Å². The number of carbonyl (C=O) groups is 1. The molecule has 1 amide bonds. The number of allylic oxidation sites excluding steroid dienone is 3. The molecule has 0 radical (unpaired) electrons. The van der Waals surface area contributed by atoms with Gasteiger partial charge in [0.25, 0.3) is 25.8 Å². The van der Waals surface area contributed by atoms with Crippen molar-refractivity contribution in [1.29, 1.82) is 0 Å².